The van der Waals surface area contributed by atoms with Gasteiger partial charge in [0.1, 0.15) is 0 Å². The zero-order valence-corrected chi connectivity index (χ0v) is 4.23. The Hall–Kier alpha value is -0.396. The molecule has 0 heterocycles. The first-order valence-corrected chi connectivity index (χ1v) is 2.95. The fourth-order valence-electron chi connectivity index (χ4n) is 0.0373. The molecule has 0 aromatic carbocycles. The molecule has 0 aliphatic carbocycles. The molecule has 0 saturated heterocycles. The third-order valence-corrected chi connectivity index (χ3v) is 0.532. The van der Waals surface area contributed by atoms with E-state index in [-0.39, 0.29) is 0 Å². The van der Waals surface area contributed by atoms with Crippen LogP contribution in [-0.2, 0) is 28.2 Å². The van der Waals surface area contributed by atoms with Gasteiger partial charge in [0.25, 0.3) is 0 Å². The molecule has 0 unspecified atom stereocenters. The summed E-state index contributed by atoms with van der Waals surface area (Å²) in [6.45, 7) is 0. The normalized spacial score (nSPS) is 5.83. The molecule has 0 aliphatic heterocycles. The van der Waals surface area contributed by atoms with E-state index in [4.69, 9.17) is 5.26 Å². The molecular formula is CNO3Ti. The maximum absolute atomic E-state index is 9.29. The molecule has 0 aromatic heterocycles. The van der Waals surface area contributed by atoms with Crippen molar-refractivity contribution in [3.8, 4) is 6.26 Å². The van der Waals surface area contributed by atoms with Gasteiger partial charge in [-0.2, -0.15) is 0 Å². The van der Waals surface area contributed by atoms with Gasteiger partial charge in [-0.1, -0.05) is 0 Å². The number of nitriles is 1. The van der Waals surface area contributed by atoms with Gasteiger partial charge < -0.3 is 0 Å². The van der Waals surface area contributed by atoms with Crippen molar-refractivity contribution in [2.75, 3.05) is 0 Å². The van der Waals surface area contributed by atoms with Crippen molar-refractivity contribution < 1.29 is 28.2 Å². The Labute approximate surface area is 40.3 Å². The molecule has 0 atom stereocenters. The Kier molecular flexibility index (Phi) is 2.64. The fraction of sp³-hybridized carbons (Fsp3) is 0. The third-order valence-electron chi connectivity index (χ3n) is 0.129. The molecule has 6 heavy (non-hydrogen) atoms. The molecule has 0 rings (SSSR count). The van der Waals surface area contributed by atoms with E-state index in [1.807, 2.05) is 0 Å². The predicted molar refractivity (Wildman–Crippen MR) is 8.07 cm³/mol. The van der Waals surface area contributed by atoms with E-state index in [0.29, 0.717) is 0 Å². The third kappa shape index (κ3) is 3.60. The van der Waals surface area contributed by atoms with Gasteiger partial charge in [0.2, 0.25) is 0 Å². The summed E-state index contributed by atoms with van der Waals surface area (Å²) in [5.41, 5.74) is 0. The van der Waals surface area contributed by atoms with Crippen molar-refractivity contribution in [3.63, 3.8) is 0 Å². The Balaban J connectivity index is 3.41. The van der Waals surface area contributed by atoms with Crippen molar-refractivity contribution >= 4 is 0 Å². The Bertz CT molecular complexity index is 122. The quantitative estimate of drug-likeness (QED) is 0.353. The van der Waals surface area contributed by atoms with Crippen LogP contribution in [0.25, 0.3) is 0 Å². The topological polar surface area (TPSA) is 67.2 Å². The Morgan fingerprint density at radius 3 is 2.17 bits per heavy atom. The second-order valence-corrected chi connectivity index (χ2v) is 1.54. The second kappa shape index (κ2) is 2.82. The Morgan fingerprint density at radius 1 is 1.67 bits per heavy atom. The molecule has 0 amide bonds. The van der Waals surface area contributed by atoms with Gasteiger partial charge in [0, 0.05) is 0 Å². The SMILES string of the molecule is N#C[O][Ti](=[O])=[O]. The van der Waals surface area contributed by atoms with Gasteiger partial charge >= 0.3 is 39.7 Å². The summed E-state index contributed by atoms with van der Waals surface area (Å²) in [7, 11) is 0. The molecule has 0 bridgehead atoms. The average Bonchev–Trinajstić information content (AvgIpc) is 1.35. The number of rotatable bonds is 1. The summed E-state index contributed by atoms with van der Waals surface area (Å²) in [5, 5.41) is 7.41. The van der Waals surface area contributed by atoms with Crippen LogP contribution in [0.5, 0.6) is 0 Å². The van der Waals surface area contributed by atoms with E-state index in [1.54, 1.807) is 0 Å². The number of hydrogen-bond donors (Lipinski definition) is 0. The summed E-state index contributed by atoms with van der Waals surface area (Å²) in [5.74, 6) is 0. The van der Waals surface area contributed by atoms with Gasteiger partial charge in [0.15, 0.2) is 0 Å². The molecule has 0 N–H and O–H groups in total. The van der Waals surface area contributed by atoms with Gasteiger partial charge in [0.05, 0.1) is 0 Å². The van der Waals surface area contributed by atoms with Crippen LogP contribution in [0.2, 0.25) is 0 Å². The molecule has 31 valence electrons. The summed E-state index contributed by atoms with van der Waals surface area (Å²) >= 11 is -3.75. The second-order valence-electron chi connectivity index (χ2n) is 0.443. The summed E-state index contributed by atoms with van der Waals surface area (Å²) in [6.07, 6.45) is 1.02. The van der Waals surface area contributed by atoms with Crippen molar-refractivity contribution in [2.24, 2.45) is 0 Å². The zero-order valence-electron chi connectivity index (χ0n) is 2.67. The minimum absolute atomic E-state index is 1.02. The van der Waals surface area contributed by atoms with E-state index in [1.165, 1.54) is 0 Å². The van der Waals surface area contributed by atoms with Crippen molar-refractivity contribution in [1.82, 2.24) is 0 Å². The predicted octanol–water partition coefficient (Wildman–Crippen LogP) is -0.292. The zero-order chi connectivity index (χ0) is 4.99. The fourth-order valence-corrected chi connectivity index (χ4v) is 0.154. The first-order valence-electron chi connectivity index (χ1n) is 1.04. The molecule has 0 radical (unpaired) electrons. The van der Waals surface area contributed by atoms with Crippen molar-refractivity contribution in [2.45, 2.75) is 0 Å². The number of hydrogen-bond acceptors (Lipinski definition) is 4. The van der Waals surface area contributed by atoms with Gasteiger partial charge in [-0.15, -0.1) is 0 Å². The van der Waals surface area contributed by atoms with E-state index in [0.717, 1.165) is 6.26 Å². The molecule has 0 saturated carbocycles. The van der Waals surface area contributed by atoms with Crippen LogP contribution >= 0.6 is 0 Å². The number of nitrogens with zero attached hydrogens (tertiary/aromatic N) is 1. The minimum atomic E-state index is -3.75. The van der Waals surface area contributed by atoms with Gasteiger partial charge in [-0.05, 0) is 0 Å². The van der Waals surface area contributed by atoms with Gasteiger partial charge in [-0.3, -0.25) is 0 Å². The molecule has 0 spiro atoms. The average molecular weight is 122 g/mol. The summed E-state index contributed by atoms with van der Waals surface area (Å²) in [4.78, 5) is 0. The summed E-state index contributed by atoms with van der Waals surface area (Å²) in [6, 6.07) is 0. The van der Waals surface area contributed by atoms with Gasteiger partial charge in [-0.25, -0.2) is 0 Å². The Morgan fingerprint density at radius 2 is 2.17 bits per heavy atom. The van der Waals surface area contributed by atoms with Crippen LogP contribution in [0.3, 0.4) is 0 Å². The maximum atomic E-state index is 9.29. The summed E-state index contributed by atoms with van der Waals surface area (Å²) < 4.78 is 22.0. The van der Waals surface area contributed by atoms with E-state index in [9.17, 15) is 6.65 Å². The molecule has 5 heteroatoms. The standard InChI is InChI=1S/CHNO.2O.Ti/c2-1-3;;;/h3H;;;/q;;;+1/p-1. The molecule has 4 nitrogen and oxygen atoms in total. The van der Waals surface area contributed by atoms with Crippen LogP contribution in [0.15, 0.2) is 0 Å². The van der Waals surface area contributed by atoms with E-state index < -0.39 is 18.2 Å². The van der Waals surface area contributed by atoms with Crippen LogP contribution in [0, 0.1) is 11.5 Å². The first kappa shape index (κ1) is 5.60. The molecular weight excluding hydrogens is 122 g/mol. The molecule has 0 aliphatic rings. The first-order chi connectivity index (χ1) is 2.77. The van der Waals surface area contributed by atoms with Crippen LogP contribution in [-0.4, -0.2) is 0 Å². The van der Waals surface area contributed by atoms with E-state index >= 15 is 0 Å². The van der Waals surface area contributed by atoms with Crippen LogP contribution in [0.4, 0.5) is 0 Å². The monoisotopic (exact) mass is 122 g/mol. The van der Waals surface area contributed by atoms with Crippen LogP contribution < -0.4 is 0 Å². The van der Waals surface area contributed by atoms with Crippen molar-refractivity contribution in [3.05, 3.63) is 0 Å². The molecule has 0 aromatic rings. The van der Waals surface area contributed by atoms with Crippen molar-refractivity contribution in [1.29, 1.82) is 5.26 Å². The van der Waals surface area contributed by atoms with E-state index in [2.05, 4.69) is 3.32 Å². The molecule has 0 fully saturated rings. The van der Waals surface area contributed by atoms with Crippen LogP contribution in [0.1, 0.15) is 0 Å².